The summed E-state index contributed by atoms with van der Waals surface area (Å²) in [5.41, 5.74) is 3.34. The van der Waals surface area contributed by atoms with E-state index in [4.69, 9.17) is 4.74 Å². The van der Waals surface area contributed by atoms with Gasteiger partial charge in [0.15, 0.2) is 0 Å². The third-order valence-corrected chi connectivity index (χ3v) is 5.52. The number of nitrogens with one attached hydrogen (secondary N) is 1. The first kappa shape index (κ1) is 13.7. The Hall–Kier alpha value is -1.94. The number of ether oxygens (including phenoxy) is 1. The topological polar surface area (TPSA) is 38.3 Å². The molecule has 1 N–H and O–H groups in total. The molecule has 0 spiro atoms. The van der Waals surface area contributed by atoms with Crippen LogP contribution in [0.4, 0.5) is 0 Å². The van der Waals surface area contributed by atoms with E-state index < -0.39 is 0 Å². The number of rotatable bonds is 2. The smallest absolute Gasteiger partial charge is 0.354 e. The third-order valence-electron chi connectivity index (χ3n) is 4.29. The van der Waals surface area contributed by atoms with E-state index in [2.05, 4.69) is 41.7 Å². The van der Waals surface area contributed by atoms with Crippen LogP contribution in [0.25, 0.3) is 0 Å². The zero-order valence-corrected chi connectivity index (χ0v) is 13.2. The molecule has 0 fully saturated rings. The van der Waals surface area contributed by atoms with E-state index >= 15 is 0 Å². The molecule has 3 aliphatic rings. The molecule has 22 heavy (non-hydrogen) atoms. The first-order chi connectivity index (χ1) is 10.8. The molecular weight excluding hydrogens is 294 g/mol. The zero-order valence-electron chi connectivity index (χ0n) is 12.3. The fourth-order valence-electron chi connectivity index (χ4n) is 3.25. The van der Waals surface area contributed by atoms with E-state index in [1.165, 1.54) is 20.9 Å². The molecule has 0 saturated carbocycles. The van der Waals surface area contributed by atoms with E-state index in [-0.39, 0.29) is 17.9 Å². The Morgan fingerprint density at radius 1 is 1.41 bits per heavy atom. The Morgan fingerprint density at radius 2 is 2.27 bits per heavy atom. The summed E-state index contributed by atoms with van der Waals surface area (Å²) < 4.78 is 5.11. The van der Waals surface area contributed by atoms with Crippen molar-refractivity contribution in [3.63, 3.8) is 0 Å². The Balaban J connectivity index is 1.61. The fraction of sp³-hybridized carbons (Fsp3) is 0.278. The summed E-state index contributed by atoms with van der Waals surface area (Å²) in [5, 5.41) is 3.37. The molecule has 1 aromatic carbocycles. The van der Waals surface area contributed by atoms with Crippen molar-refractivity contribution in [1.82, 2.24) is 5.32 Å². The van der Waals surface area contributed by atoms with Crippen molar-refractivity contribution in [1.29, 1.82) is 0 Å². The number of benzene rings is 1. The summed E-state index contributed by atoms with van der Waals surface area (Å²) in [6.45, 7) is 2.23. The largest absolute Gasteiger partial charge is 0.461 e. The average Bonchev–Trinajstić information content (AvgIpc) is 2.98. The molecule has 4 rings (SSSR count). The summed E-state index contributed by atoms with van der Waals surface area (Å²) in [4.78, 5) is 14.6. The Morgan fingerprint density at radius 3 is 3.14 bits per heavy atom. The molecule has 0 saturated heterocycles. The molecule has 4 heteroatoms. The lowest BCUT2D eigenvalue weighted by atomic mass is 9.86. The molecule has 1 aromatic rings. The number of fused-ring (bicyclic) bond motifs is 3. The van der Waals surface area contributed by atoms with Gasteiger partial charge in [0, 0.05) is 15.7 Å². The van der Waals surface area contributed by atoms with Gasteiger partial charge in [-0.2, -0.15) is 0 Å². The quantitative estimate of drug-likeness (QED) is 0.851. The second-order valence-corrected chi connectivity index (χ2v) is 6.72. The van der Waals surface area contributed by atoms with Gasteiger partial charge in [0.05, 0.1) is 12.6 Å². The highest BCUT2D eigenvalue weighted by Gasteiger charge is 2.36. The van der Waals surface area contributed by atoms with Crippen molar-refractivity contribution in [2.45, 2.75) is 24.3 Å². The zero-order chi connectivity index (χ0) is 15.1. The highest BCUT2D eigenvalue weighted by atomic mass is 32.2. The van der Waals surface area contributed by atoms with Crippen molar-refractivity contribution in [3.8, 4) is 0 Å². The predicted octanol–water partition coefficient (Wildman–Crippen LogP) is 3.19. The molecule has 0 bridgehead atoms. The minimum atomic E-state index is -0.253. The third kappa shape index (κ3) is 2.18. The molecule has 3 nitrogen and oxygen atoms in total. The number of carbonyl (C=O) groups is 1. The number of hydrogen-bond acceptors (Lipinski definition) is 4. The Labute approximate surface area is 134 Å². The maximum Gasteiger partial charge on any atom is 0.354 e. The predicted molar refractivity (Wildman–Crippen MR) is 87.3 cm³/mol. The molecule has 112 valence electrons. The van der Waals surface area contributed by atoms with E-state index in [0.29, 0.717) is 12.3 Å². The van der Waals surface area contributed by atoms with Crippen molar-refractivity contribution in [3.05, 3.63) is 64.2 Å². The normalized spacial score (nSPS) is 24.9. The van der Waals surface area contributed by atoms with E-state index in [0.717, 1.165) is 6.42 Å². The van der Waals surface area contributed by atoms with Crippen molar-refractivity contribution in [2.75, 3.05) is 6.61 Å². The SMILES string of the molecule is CCOC(=O)C1=CC2C=CC3=C(Cc4ccccc4S3)C2N1. The minimum absolute atomic E-state index is 0.181. The van der Waals surface area contributed by atoms with Gasteiger partial charge >= 0.3 is 5.97 Å². The maximum absolute atomic E-state index is 11.9. The van der Waals surface area contributed by atoms with Crippen LogP contribution >= 0.6 is 11.8 Å². The molecule has 0 radical (unpaired) electrons. The van der Waals surface area contributed by atoms with Gasteiger partial charge in [-0.3, -0.25) is 0 Å². The second-order valence-electron chi connectivity index (χ2n) is 5.64. The molecule has 0 aromatic heterocycles. The van der Waals surface area contributed by atoms with Crippen molar-refractivity contribution < 1.29 is 9.53 Å². The number of hydrogen-bond donors (Lipinski definition) is 1. The fourth-order valence-corrected chi connectivity index (χ4v) is 4.38. The molecule has 2 atom stereocenters. The molecular formula is C18H17NO2S. The van der Waals surface area contributed by atoms with Crippen LogP contribution in [0.5, 0.6) is 0 Å². The molecule has 1 aliphatic carbocycles. The number of carbonyl (C=O) groups excluding carboxylic acids is 1. The lowest BCUT2D eigenvalue weighted by molar-refractivity contribution is -0.138. The van der Waals surface area contributed by atoms with Crippen LogP contribution in [0.3, 0.4) is 0 Å². The van der Waals surface area contributed by atoms with Crippen LogP contribution in [0.15, 0.2) is 63.6 Å². The standard InChI is InChI=1S/C18H17NO2S/c1-2-21-18(20)14-10-12-7-8-16-13(17(12)19-14)9-11-5-3-4-6-15(11)22-16/h3-8,10,12,17,19H,2,9H2,1H3. The first-order valence-electron chi connectivity index (χ1n) is 7.58. The second kappa shape index (κ2) is 5.36. The van der Waals surface area contributed by atoms with Crippen LogP contribution in [0.2, 0.25) is 0 Å². The lowest BCUT2D eigenvalue weighted by Crippen LogP contribution is -2.35. The van der Waals surface area contributed by atoms with Crippen molar-refractivity contribution in [2.24, 2.45) is 5.92 Å². The van der Waals surface area contributed by atoms with E-state index in [9.17, 15) is 4.79 Å². The molecule has 2 aliphatic heterocycles. The minimum Gasteiger partial charge on any atom is -0.461 e. The van der Waals surface area contributed by atoms with Crippen LogP contribution in [0, 0.1) is 5.92 Å². The van der Waals surface area contributed by atoms with Crippen LogP contribution in [-0.4, -0.2) is 18.6 Å². The molecule has 2 heterocycles. The highest BCUT2D eigenvalue weighted by molar-refractivity contribution is 8.03. The van der Waals surface area contributed by atoms with Gasteiger partial charge in [0.25, 0.3) is 0 Å². The number of esters is 1. The molecule has 2 unspecified atom stereocenters. The van der Waals surface area contributed by atoms with Gasteiger partial charge in [-0.05, 0) is 36.6 Å². The summed E-state index contributed by atoms with van der Waals surface area (Å²) in [6.07, 6.45) is 7.32. The van der Waals surface area contributed by atoms with Crippen LogP contribution < -0.4 is 5.32 Å². The van der Waals surface area contributed by atoms with Gasteiger partial charge in [-0.15, -0.1) is 0 Å². The first-order valence-corrected chi connectivity index (χ1v) is 8.40. The van der Waals surface area contributed by atoms with Gasteiger partial charge in [-0.1, -0.05) is 42.1 Å². The van der Waals surface area contributed by atoms with Crippen LogP contribution in [-0.2, 0) is 16.0 Å². The summed E-state index contributed by atoms with van der Waals surface area (Å²) in [5.74, 6) is -0.0136. The average molecular weight is 311 g/mol. The van der Waals surface area contributed by atoms with Gasteiger partial charge in [0.1, 0.15) is 5.70 Å². The van der Waals surface area contributed by atoms with E-state index in [1.54, 1.807) is 0 Å². The summed E-state index contributed by atoms with van der Waals surface area (Å²) in [7, 11) is 0. The number of allylic oxidation sites excluding steroid dienone is 1. The number of thioether (sulfide) groups is 1. The monoisotopic (exact) mass is 311 g/mol. The van der Waals surface area contributed by atoms with E-state index in [1.807, 2.05) is 24.8 Å². The summed E-state index contributed by atoms with van der Waals surface area (Å²) in [6, 6.07) is 8.72. The highest BCUT2D eigenvalue weighted by Crippen LogP contribution is 2.44. The van der Waals surface area contributed by atoms with Crippen molar-refractivity contribution >= 4 is 17.7 Å². The van der Waals surface area contributed by atoms with Gasteiger partial charge in [0.2, 0.25) is 0 Å². The Bertz CT molecular complexity index is 732. The lowest BCUT2D eigenvalue weighted by Gasteiger charge is -2.31. The summed E-state index contributed by atoms with van der Waals surface area (Å²) >= 11 is 1.82. The van der Waals surface area contributed by atoms with Crippen LogP contribution in [0.1, 0.15) is 12.5 Å². The Kier molecular flexibility index (Phi) is 3.34. The molecule has 0 amide bonds. The maximum atomic E-state index is 11.9. The van der Waals surface area contributed by atoms with Gasteiger partial charge < -0.3 is 10.1 Å². The van der Waals surface area contributed by atoms with Gasteiger partial charge in [-0.25, -0.2) is 4.79 Å².